The first kappa shape index (κ1) is 13.6. The Labute approximate surface area is 133 Å². The van der Waals surface area contributed by atoms with Crippen LogP contribution in [0.15, 0.2) is 36.5 Å². The number of rotatable bonds is 2. The molecule has 3 aromatic rings. The molecule has 0 spiro atoms. The monoisotopic (exact) mass is 305 g/mol. The Morgan fingerprint density at radius 1 is 1.22 bits per heavy atom. The maximum atomic E-state index is 9.41. The van der Waals surface area contributed by atoms with Gasteiger partial charge in [0.1, 0.15) is 5.65 Å². The van der Waals surface area contributed by atoms with Gasteiger partial charge in [-0.3, -0.25) is 0 Å². The highest BCUT2D eigenvalue weighted by molar-refractivity contribution is 5.71. The van der Waals surface area contributed by atoms with E-state index in [4.69, 9.17) is 14.5 Å². The van der Waals surface area contributed by atoms with Crippen molar-refractivity contribution in [1.29, 1.82) is 5.26 Å². The number of hydrogen-bond donors (Lipinski definition) is 0. The maximum Gasteiger partial charge on any atom is 0.231 e. The van der Waals surface area contributed by atoms with E-state index in [2.05, 4.69) is 6.07 Å². The molecule has 23 heavy (non-hydrogen) atoms. The average molecular weight is 305 g/mol. The number of pyridine rings is 1. The van der Waals surface area contributed by atoms with Crippen LogP contribution in [0.5, 0.6) is 11.5 Å². The number of ether oxygens (including phenoxy) is 2. The highest BCUT2D eigenvalue weighted by Crippen LogP contribution is 2.38. The van der Waals surface area contributed by atoms with Crippen LogP contribution in [0.25, 0.3) is 16.9 Å². The number of nitrogens with zero attached hydrogens (tertiary/aromatic N) is 3. The summed E-state index contributed by atoms with van der Waals surface area (Å²) in [6, 6.07) is 12.1. The van der Waals surface area contributed by atoms with Crippen molar-refractivity contribution in [3.63, 3.8) is 0 Å². The van der Waals surface area contributed by atoms with Crippen molar-refractivity contribution in [2.75, 3.05) is 6.79 Å². The summed E-state index contributed by atoms with van der Waals surface area (Å²) in [6.45, 7) is 4.16. The van der Waals surface area contributed by atoms with Gasteiger partial charge in [-0.05, 0) is 49.7 Å². The van der Waals surface area contributed by atoms with Gasteiger partial charge in [-0.15, -0.1) is 0 Å². The summed E-state index contributed by atoms with van der Waals surface area (Å²) in [5.74, 6) is 1.18. The third-order valence-electron chi connectivity index (χ3n) is 4.07. The van der Waals surface area contributed by atoms with Crippen molar-refractivity contribution in [3.8, 4) is 28.8 Å². The number of fused-ring (bicyclic) bond motifs is 2. The van der Waals surface area contributed by atoms with E-state index in [0.717, 1.165) is 33.9 Å². The van der Waals surface area contributed by atoms with Crippen LogP contribution in [0.2, 0.25) is 0 Å². The molecular formula is C18H15N3O2. The number of nitriles is 1. The van der Waals surface area contributed by atoms with Gasteiger partial charge >= 0.3 is 0 Å². The largest absolute Gasteiger partial charge is 0.454 e. The topological polar surface area (TPSA) is 59.5 Å². The Balaban J connectivity index is 1.97. The zero-order valence-electron chi connectivity index (χ0n) is 12.9. The van der Waals surface area contributed by atoms with Gasteiger partial charge in [0.15, 0.2) is 11.5 Å². The molecule has 5 nitrogen and oxygen atoms in total. The van der Waals surface area contributed by atoms with Crippen LogP contribution in [0, 0.1) is 18.3 Å². The van der Waals surface area contributed by atoms with Gasteiger partial charge in [0, 0.05) is 11.8 Å². The highest BCUT2D eigenvalue weighted by atomic mass is 16.7. The minimum Gasteiger partial charge on any atom is -0.454 e. The SMILES string of the molecule is Cc1ccn2c(C(C)C#N)c(-c3ccc4c(c3)OCO4)nc2c1. The number of imidazole rings is 1. The number of aryl methyl sites for hydroxylation is 1. The second-order valence-electron chi connectivity index (χ2n) is 5.70. The first-order chi connectivity index (χ1) is 11.2. The van der Waals surface area contributed by atoms with Crippen LogP contribution in [0.3, 0.4) is 0 Å². The van der Waals surface area contributed by atoms with Crippen molar-refractivity contribution in [2.45, 2.75) is 19.8 Å². The van der Waals surface area contributed by atoms with Crippen LogP contribution < -0.4 is 9.47 Å². The predicted molar refractivity (Wildman–Crippen MR) is 85.5 cm³/mol. The summed E-state index contributed by atoms with van der Waals surface area (Å²) in [4.78, 5) is 4.75. The standard InChI is InChI=1S/C18H15N3O2/c1-11-5-6-21-16(7-11)20-17(18(21)12(2)9-19)13-3-4-14-15(8-13)23-10-22-14/h3-8,12H,10H2,1-2H3. The summed E-state index contributed by atoms with van der Waals surface area (Å²) in [6.07, 6.45) is 1.97. The van der Waals surface area contributed by atoms with E-state index in [0.29, 0.717) is 5.75 Å². The highest BCUT2D eigenvalue weighted by Gasteiger charge is 2.21. The molecule has 1 unspecified atom stereocenters. The summed E-state index contributed by atoms with van der Waals surface area (Å²) in [5.41, 5.74) is 4.60. The van der Waals surface area contributed by atoms with Crippen LogP contribution in [0.1, 0.15) is 24.1 Å². The minimum atomic E-state index is -0.270. The van der Waals surface area contributed by atoms with E-state index in [1.165, 1.54) is 0 Å². The number of aromatic nitrogens is 2. The van der Waals surface area contributed by atoms with Crippen molar-refractivity contribution in [2.24, 2.45) is 0 Å². The zero-order valence-corrected chi connectivity index (χ0v) is 12.9. The van der Waals surface area contributed by atoms with Crippen molar-refractivity contribution in [1.82, 2.24) is 9.38 Å². The molecule has 0 N–H and O–H groups in total. The first-order valence-electron chi connectivity index (χ1n) is 7.45. The molecule has 1 aromatic carbocycles. The normalized spacial score (nSPS) is 14.0. The lowest BCUT2D eigenvalue weighted by Crippen LogP contribution is -1.98. The second kappa shape index (κ2) is 5.03. The van der Waals surface area contributed by atoms with E-state index in [1.807, 2.05) is 54.8 Å². The van der Waals surface area contributed by atoms with Gasteiger partial charge in [-0.25, -0.2) is 4.98 Å². The predicted octanol–water partition coefficient (Wildman–Crippen LogP) is 3.67. The number of benzene rings is 1. The molecule has 0 bridgehead atoms. The molecule has 0 saturated carbocycles. The van der Waals surface area contributed by atoms with Gasteiger partial charge in [0.2, 0.25) is 6.79 Å². The molecule has 3 heterocycles. The molecule has 114 valence electrons. The van der Waals surface area contributed by atoms with Gasteiger partial charge in [-0.1, -0.05) is 0 Å². The van der Waals surface area contributed by atoms with Gasteiger partial charge in [0.05, 0.1) is 23.4 Å². The van der Waals surface area contributed by atoms with E-state index in [9.17, 15) is 5.26 Å². The molecule has 1 aliphatic rings. The summed E-state index contributed by atoms with van der Waals surface area (Å²) in [5, 5.41) is 9.41. The summed E-state index contributed by atoms with van der Waals surface area (Å²) < 4.78 is 12.8. The molecule has 1 atom stereocenters. The fourth-order valence-corrected chi connectivity index (χ4v) is 2.90. The second-order valence-corrected chi connectivity index (χ2v) is 5.70. The molecular weight excluding hydrogens is 290 g/mol. The first-order valence-corrected chi connectivity index (χ1v) is 7.45. The van der Waals surface area contributed by atoms with Crippen molar-refractivity contribution >= 4 is 5.65 Å². The number of hydrogen-bond acceptors (Lipinski definition) is 4. The third kappa shape index (κ3) is 2.11. The molecule has 2 aromatic heterocycles. The van der Waals surface area contributed by atoms with Crippen LogP contribution >= 0.6 is 0 Å². The molecule has 0 fully saturated rings. The van der Waals surface area contributed by atoms with E-state index < -0.39 is 0 Å². The zero-order chi connectivity index (χ0) is 16.0. The molecule has 0 aliphatic carbocycles. The van der Waals surface area contributed by atoms with Crippen LogP contribution in [-0.2, 0) is 0 Å². The fourth-order valence-electron chi connectivity index (χ4n) is 2.90. The molecule has 0 amide bonds. The Hall–Kier alpha value is -3.00. The third-order valence-corrected chi connectivity index (χ3v) is 4.07. The minimum absolute atomic E-state index is 0.241. The smallest absolute Gasteiger partial charge is 0.231 e. The molecule has 0 radical (unpaired) electrons. The summed E-state index contributed by atoms with van der Waals surface area (Å²) >= 11 is 0. The lowest BCUT2D eigenvalue weighted by molar-refractivity contribution is 0.174. The lowest BCUT2D eigenvalue weighted by Gasteiger charge is -2.07. The Morgan fingerprint density at radius 3 is 2.87 bits per heavy atom. The van der Waals surface area contributed by atoms with E-state index in [1.54, 1.807) is 0 Å². The van der Waals surface area contributed by atoms with Gasteiger partial charge in [-0.2, -0.15) is 5.26 Å². The van der Waals surface area contributed by atoms with Gasteiger partial charge < -0.3 is 13.9 Å². The molecule has 1 aliphatic heterocycles. The molecule has 4 rings (SSSR count). The van der Waals surface area contributed by atoms with Crippen molar-refractivity contribution in [3.05, 3.63) is 47.8 Å². The Morgan fingerprint density at radius 2 is 2.04 bits per heavy atom. The Bertz CT molecular complexity index is 953. The van der Waals surface area contributed by atoms with E-state index in [-0.39, 0.29) is 12.7 Å². The van der Waals surface area contributed by atoms with E-state index >= 15 is 0 Å². The average Bonchev–Trinajstić information content (AvgIpc) is 3.16. The quantitative estimate of drug-likeness (QED) is 0.725. The Kier molecular flexibility index (Phi) is 2.98. The lowest BCUT2D eigenvalue weighted by atomic mass is 10.0. The summed E-state index contributed by atoms with van der Waals surface area (Å²) in [7, 11) is 0. The fraction of sp³-hybridized carbons (Fsp3) is 0.222. The molecule has 5 heteroatoms. The maximum absolute atomic E-state index is 9.41. The van der Waals surface area contributed by atoms with Gasteiger partial charge in [0.25, 0.3) is 0 Å². The van der Waals surface area contributed by atoms with Crippen molar-refractivity contribution < 1.29 is 9.47 Å². The molecule has 0 saturated heterocycles. The van der Waals surface area contributed by atoms with Crippen LogP contribution in [-0.4, -0.2) is 16.2 Å². The van der Waals surface area contributed by atoms with Crippen LogP contribution in [0.4, 0.5) is 0 Å².